The summed E-state index contributed by atoms with van der Waals surface area (Å²) >= 11 is 0. The summed E-state index contributed by atoms with van der Waals surface area (Å²) in [5, 5.41) is 2.49. The van der Waals surface area contributed by atoms with Gasteiger partial charge in [0.1, 0.15) is 0 Å². The third-order valence-electron chi connectivity index (χ3n) is 8.85. The summed E-state index contributed by atoms with van der Waals surface area (Å²) in [6.45, 7) is 11.6. The Morgan fingerprint density at radius 2 is 1.22 bits per heavy atom. The Labute approximate surface area is 305 Å². The second kappa shape index (κ2) is 19.1. The molecule has 1 unspecified atom stereocenters. The molecule has 0 heteroatoms. The molecule has 0 fully saturated rings. The number of benzene rings is 3. The predicted molar refractivity (Wildman–Crippen MR) is 225 cm³/mol. The number of hydrogen-bond donors (Lipinski definition) is 0. The van der Waals surface area contributed by atoms with Gasteiger partial charge in [-0.2, -0.15) is 0 Å². The molecule has 0 aromatic heterocycles. The quantitative estimate of drug-likeness (QED) is 0.160. The van der Waals surface area contributed by atoms with Crippen molar-refractivity contribution in [2.75, 3.05) is 0 Å². The van der Waals surface area contributed by atoms with Gasteiger partial charge in [-0.15, -0.1) is 0 Å². The molecule has 3 aromatic carbocycles. The molecule has 5 rings (SSSR count). The smallest absolute Gasteiger partial charge is 0.0498 e. The second-order valence-corrected chi connectivity index (χ2v) is 12.2. The second-order valence-electron chi connectivity index (χ2n) is 12.2. The first-order chi connectivity index (χ1) is 25.2. The van der Waals surface area contributed by atoms with E-state index in [2.05, 4.69) is 172 Å². The van der Waals surface area contributed by atoms with Crippen LogP contribution >= 0.6 is 0 Å². The molecule has 0 N–H and O–H groups in total. The van der Waals surface area contributed by atoms with Gasteiger partial charge in [0.2, 0.25) is 0 Å². The Bertz CT molecular complexity index is 2120. The van der Waals surface area contributed by atoms with Crippen molar-refractivity contribution in [3.63, 3.8) is 0 Å². The Balaban J connectivity index is 1.57. The van der Waals surface area contributed by atoms with Gasteiger partial charge in [-0.3, -0.25) is 0 Å². The average molecular weight is 659 g/mol. The van der Waals surface area contributed by atoms with Crippen molar-refractivity contribution < 1.29 is 0 Å². The van der Waals surface area contributed by atoms with E-state index in [1.807, 2.05) is 54.7 Å². The van der Waals surface area contributed by atoms with Crippen LogP contribution in [0.2, 0.25) is 0 Å². The molecule has 0 bridgehead atoms. The Morgan fingerprint density at radius 1 is 0.588 bits per heavy atom. The van der Waals surface area contributed by atoms with Gasteiger partial charge in [0, 0.05) is 5.41 Å². The molecule has 2 aliphatic carbocycles. The summed E-state index contributed by atoms with van der Waals surface area (Å²) in [7, 11) is 0. The number of hydrogen-bond acceptors (Lipinski definition) is 0. The molecule has 3 aromatic rings. The fourth-order valence-corrected chi connectivity index (χ4v) is 6.47. The topological polar surface area (TPSA) is 0 Å². The molecule has 0 radical (unpaired) electrons. The van der Waals surface area contributed by atoms with Gasteiger partial charge in [0.15, 0.2) is 0 Å². The lowest BCUT2D eigenvalue weighted by Crippen LogP contribution is -2.27. The molecule has 0 aliphatic heterocycles. The van der Waals surface area contributed by atoms with Crippen LogP contribution < -0.4 is 0 Å². The molecule has 0 heterocycles. The van der Waals surface area contributed by atoms with Gasteiger partial charge in [-0.25, -0.2) is 0 Å². The van der Waals surface area contributed by atoms with E-state index in [1.54, 1.807) is 12.2 Å². The van der Waals surface area contributed by atoms with Crippen LogP contribution in [0, 0.1) is 0 Å². The van der Waals surface area contributed by atoms with Crippen LogP contribution in [0.3, 0.4) is 0 Å². The molecule has 0 saturated carbocycles. The van der Waals surface area contributed by atoms with Crippen LogP contribution in [-0.2, 0) is 5.41 Å². The first-order valence-electron chi connectivity index (χ1n) is 17.5. The zero-order valence-corrected chi connectivity index (χ0v) is 29.3. The van der Waals surface area contributed by atoms with Crippen molar-refractivity contribution in [1.82, 2.24) is 0 Å². The van der Waals surface area contributed by atoms with Crippen LogP contribution in [0.25, 0.3) is 16.3 Å². The molecular weight excluding hydrogens is 613 g/mol. The molecule has 0 nitrogen and oxygen atoms in total. The zero-order chi connectivity index (χ0) is 35.6. The van der Waals surface area contributed by atoms with Crippen LogP contribution in [-0.4, -0.2) is 0 Å². The van der Waals surface area contributed by atoms with Gasteiger partial charge < -0.3 is 0 Å². The van der Waals surface area contributed by atoms with Crippen molar-refractivity contribution in [3.8, 4) is 0 Å². The molecule has 0 spiro atoms. The lowest BCUT2D eigenvalue weighted by Gasteiger charge is -2.33. The molecule has 51 heavy (non-hydrogen) atoms. The van der Waals surface area contributed by atoms with Crippen LogP contribution in [0.1, 0.15) is 29.5 Å². The van der Waals surface area contributed by atoms with E-state index in [-0.39, 0.29) is 0 Å². The fraction of sp³-hybridized carbons (Fsp3) is 0.0588. The zero-order valence-electron chi connectivity index (χ0n) is 29.3. The van der Waals surface area contributed by atoms with E-state index in [0.717, 1.165) is 18.4 Å². The van der Waals surface area contributed by atoms with Crippen LogP contribution in [0.5, 0.6) is 0 Å². The standard InChI is InChI=1S/C51H46/c1-4-6-8-10-11-12-18-30-43-31-19-13-22-37-47-48-40-44-33-24-25-34-45(44)41-50(48)51(46-35-20-14-21-36-46,49(47)38-26-23-32-43)39-27-15-17-29-42(3)28-16-9-7-5-2/h4-29,31-38,40-41H,1-3,30,39H2/b8-6-,9-7-,11-10-,18-12+,19-13?,22-13?,26-23?,27-15-,28-16-,29-17-,31-19?,32-23?,37-22?,38-26?,43-31?,43-32?,47-37?,49-38?. The normalized spacial score (nSPS) is 17.8. The highest BCUT2D eigenvalue weighted by Gasteiger charge is 2.44. The fourth-order valence-electron chi connectivity index (χ4n) is 6.47. The van der Waals surface area contributed by atoms with Gasteiger partial charge in [0.25, 0.3) is 0 Å². The van der Waals surface area contributed by atoms with Crippen molar-refractivity contribution in [2.24, 2.45) is 0 Å². The van der Waals surface area contributed by atoms with Crippen molar-refractivity contribution in [2.45, 2.75) is 18.3 Å². The van der Waals surface area contributed by atoms with Gasteiger partial charge in [-0.1, -0.05) is 226 Å². The molecule has 2 aliphatic rings. The van der Waals surface area contributed by atoms with Crippen LogP contribution in [0.15, 0.2) is 255 Å². The third-order valence-corrected chi connectivity index (χ3v) is 8.85. The minimum absolute atomic E-state index is 0.400. The molecule has 0 amide bonds. The van der Waals surface area contributed by atoms with E-state index < -0.39 is 5.41 Å². The molecular formula is C51H46. The summed E-state index contributed by atoms with van der Waals surface area (Å²) in [6, 6.07) is 24.4. The summed E-state index contributed by atoms with van der Waals surface area (Å²) < 4.78 is 0. The summed E-state index contributed by atoms with van der Waals surface area (Å²) in [4.78, 5) is 0. The van der Waals surface area contributed by atoms with Crippen molar-refractivity contribution in [1.29, 1.82) is 0 Å². The molecule has 0 saturated heterocycles. The Kier molecular flexibility index (Phi) is 13.5. The lowest BCUT2D eigenvalue weighted by atomic mass is 9.68. The maximum Gasteiger partial charge on any atom is 0.0498 e. The minimum atomic E-state index is -0.400. The first-order valence-corrected chi connectivity index (χ1v) is 17.5. The molecule has 250 valence electrons. The van der Waals surface area contributed by atoms with Crippen molar-refractivity contribution in [3.05, 3.63) is 272 Å². The van der Waals surface area contributed by atoms with E-state index in [4.69, 9.17) is 0 Å². The largest absolute Gasteiger partial charge is 0.0991 e. The highest BCUT2D eigenvalue weighted by Crippen LogP contribution is 2.54. The van der Waals surface area contributed by atoms with E-state index in [9.17, 15) is 0 Å². The molecule has 1 atom stereocenters. The summed E-state index contributed by atoms with van der Waals surface area (Å²) in [5.74, 6) is 0. The highest BCUT2D eigenvalue weighted by atomic mass is 14.5. The van der Waals surface area contributed by atoms with Gasteiger partial charge in [-0.05, 0) is 74.7 Å². The first kappa shape index (κ1) is 36.1. The highest BCUT2D eigenvalue weighted by molar-refractivity contribution is 5.96. The average Bonchev–Trinajstić information content (AvgIpc) is 3.40. The third kappa shape index (κ3) is 9.47. The van der Waals surface area contributed by atoms with E-state index in [1.165, 1.54) is 44.2 Å². The number of allylic oxidation sites excluding steroid dienone is 29. The van der Waals surface area contributed by atoms with Crippen LogP contribution in [0.4, 0.5) is 0 Å². The van der Waals surface area contributed by atoms with E-state index >= 15 is 0 Å². The monoisotopic (exact) mass is 658 g/mol. The van der Waals surface area contributed by atoms with Gasteiger partial charge >= 0.3 is 0 Å². The lowest BCUT2D eigenvalue weighted by molar-refractivity contribution is 0.640. The predicted octanol–water partition coefficient (Wildman–Crippen LogP) is 13.7. The van der Waals surface area contributed by atoms with Crippen molar-refractivity contribution >= 4 is 16.3 Å². The maximum absolute atomic E-state index is 4.17. The minimum Gasteiger partial charge on any atom is -0.0991 e. The summed E-state index contributed by atoms with van der Waals surface area (Å²) in [6.07, 6.45) is 53.6. The number of fused-ring (bicyclic) bond motifs is 3. The Hall–Kier alpha value is -6.24. The van der Waals surface area contributed by atoms with E-state index in [0.29, 0.717) is 0 Å². The SMILES string of the molecule is C=C\C=C/C=C\C=C\CC1=CC=CC=CC2=C(C=CC=C1)C(C/C=C\C=C/C(=C)/C=C\C=C/C=C)(c1ccccc1)c1cc3ccccc3cc12. The number of rotatable bonds is 13. The maximum atomic E-state index is 4.17. The Morgan fingerprint density at radius 3 is 2.00 bits per heavy atom. The van der Waals surface area contributed by atoms with Gasteiger partial charge in [0.05, 0.1) is 0 Å². The summed E-state index contributed by atoms with van der Waals surface area (Å²) in [5.41, 5.74) is 8.15.